The van der Waals surface area contributed by atoms with Gasteiger partial charge in [-0.2, -0.15) is 5.10 Å². The zero-order chi connectivity index (χ0) is 14.4. The largest absolute Gasteiger partial charge is 0.490 e. The van der Waals surface area contributed by atoms with Gasteiger partial charge in [0.05, 0.1) is 18.9 Å². The Bertz CT molecular complexity index is 530. The fourth-order valence-corrected chi connectivity index (χ4v) is 2.22. The molecule has 0 amide bonds. The topological polar surface area (TPSA) is 47.1 Å². The molecule has 4 nitrogen and oxygen atoms in total. The van der Waals surface area contributed by atoms with Crippen LogP contribution in [-0.4, -0.2) is 23.4 Å². The summed E-state index contributed by atoms with van der Waals surface area (Å²) in [7, 11) is 0. The molecule has 4 heteroatoms. The molecule has 0 aliphatic carbocycles. The monoisotopic (exact) mass is 274 g/mol. The van der Waals surface area contributed by atoms with Crippen LogP contribution in [0.2, 0.25) is 0 Å². The molecule has 2 rings (SSSR count). The molecule has 0 saturated heterocycles. The molecule has 2 aromatic rings. The Kier molecular flexibility index (Phi) is 5.04. The number of para-hydroxylation sites is 2. The number of hydrogen-bond acceptors (Lipinski definition) is 3. The number of hydrogen-bond donors (Lipinski definition) is 1. The highest BCUT2D eigenvalue weighted by Gasteiger charge is 2.07. The van der Waals surface area contributed by atoms with Crippen molar-refractivity contribution in [1.29, 1.82) is 0 Å². The average Bonchev–Trinajstić information content (AvgIpc) is 2.77. The molecule has 1 aromatic heterocycles. The molecule has 20 heavy (non-hydrogen) atoms. The summed E-state index contributed by atoms with van der Waals surface area (Å²) in [4.78, 5) is 0. The molecule has 1 heterocycles. The maximum absolute atomic E-state index is 5.81. The van der Waals surface area contributed by atoms with Crippen molar-refractivity contribution < 1.29 is 9.47 Å². The van der Waals surface area contributed by atoms with E-state index in [4.69, 9.17) is 9.47 Å². The average molecular weight is 274 g/mol. The number of rotatable bonds is 7. The van der Waals surface area contributed by atoms with Crippen LogP contribution in [0.3, 0.4) is 0 Å². The molecule has 108 valence electrons. The summed E-state index contributed by atoms with van der Waals surface area (Å²) >= 11 is 0. The number of ether oxygens (including phenoxy) is 2. The second-order valence-electron chi connectivity index (χ2n) is 4.74. The molecule has 0 fully saturated rings. The molecule has 0 bridgehead atoms. The van der Waals surface area contributed by atoms with Crippen LogP contribution in [0.5, 0.6) is 11.5 Å². The quantitative estimate of drug-likeness (QED) is 0.787. The van der Waals surface area contributed by atoms with Crippen LogP contribution in [0.25, 0.3) is 0 Å². The third-order valence-electron chi connectivity index (χ3n) is 3.26. The normalized spacial score (nSPS) is 10.6. The Morgan fingerprint density at radius 2 is 1.80 bits per heavy atom. The second kappa shape index (κ2) is 6.98. The molecule has 1 aromatic carbocycles. The lowest BCUT2D eigenvalue weighted by Gasteiger charge is -2.11. The molecular weight excluding hydrogens is 252 g/mol. The number of H-pyrrole nitrogens is 1. The van der Waals surface area contributed by atoms with Crippen LogP contribution in [0.4, 0.5) is 0 Å². The van der Waals surface area contributed by atoms with Crippen LogP contribution < -0.4 is 9.47 Å². The zero-order valence-electron chi connectivity index (χ0n) is 12.4. The van der Waals surface area contributed by atoms with Crippen LogP contribution in [0.1, 0.15) is 30.3 Å². The van der Waals surface area contributed by atoms with Gasteiger partial charge in [0.15, 0.2) is 11.5 Å². The number of benzene rings is 1. The van der Waals surface area contributed by atoms with Gasteiger partial charge < -0.3 is 9.47 Å². The first-order valence-electron chi connectivity index (χ1n) is 7.07. The maximum Gasteiger partial charge on any atom is 0.161 e. The number of aromatic nitrogens is 2. The standard InChI is InChI=1S/C16H22N2O2/c1-4-19-15-9-5-6-10-16(15)20-11-7-8-14-12(2)17-18-13(14)3/h5-6,9-10H,4,7-8,11H2,1-3H3,(H,17,18). The first-order valence-corrected chi connectivity index (χ1v) is 7.07. The maximum atomic E-state index is 5.81. The Morgan fingerprint density at radius 1 is 1.10 bits per heavy atom. The Morgan fingerprint density at radius 3 is 2.40 bits per heavy atom. The predicted molar refractivity (Wildman–Crippen MR) is 79.5 cm³/mol. The lowest BCUT2D eigenvalue weighted by molar-refractivity contribution is 0.273. The molecule has 0 spiro atoms. The van der Waals surface area contributed by atoms with Crippen LogP contribution in [0.15, 0.2) is 24.3 Å². The van der Waals surface area contributed by atoms with Gasteiger partial charge in [0.1, 0.15) is 0 Å². The summed E-state index contributed by atoms with van der Waals surface area (Å²) in [6, 6.07) is 7.79. The van der Waals surface area contributed by atoms with Crippen molar-refractivity contribution >= 4 is 0 Å². The van der Waals surface area contributed by atoms with Gasteiger partial charge in [-0.25, -0.2) is 0 Å². The van der Waals surface area contributed by atoms with Gasteiger partial charge >= 0.3 is 0 Å². The van der Waals surface area contributed by atoms with E-state index in [1.54, 1.807) is 0 Å². The van der Waals surface area contributed by atoms with Gasteiger partial charge in [-0.15, -0.1) is 0 Å². The first-order chi connectivity index (χ1) is 9.72. The number of aromatic amines is 1. The summed E-state index contributed by atoms with van der Waals surface area (Å²) in [5.41, 5.74) is 3.53. The second-order valence-corrected chi connectivity index (χ2v) is 4.74. The van der Waals surface area contributed by atoms with E-state index in [-0.39, 0.29) is 0 Å². The van der Waals surface area contributed by atoms with E-state index in [0.29, 0.717) is 13.2 Å². The highest BCUT2D eigenvalue weighted by Crippen LogP contribution is 2.26. The summed E-state index contributed by atoms with van der Waals surface area (Å²) < 4.78 is 11.4. The van der Waals surface area contributed by atoms with E-state index in [9.17, 15) is 0 Å². The minimum atomic E-state index is 0.647. The number of nitrogens with zero attached hydrogens (tertiary/aromatic N) is 1. The highest BCUT2D eigenvalue weighted by molar-refractivity contribution is 5.39. The molecule has 0 unspecified atom stereocenters. The number of aryl methyl sites for hydroxylation is 2. The lowest BCUT2D eigenvalue weighted by atomic mass is 10.1. The highest BCUT2D eigenvalue weighted by atomic mass is 16.5. The zero-order valence-corrected chi connectivity index (χ0v) is 12.4. The molecule has 0 aliphatic heterocycles. The lowest BCUT2D eigenvalue weighted by Crippen LogP contribution is -2.02. The summed E-state index contributed by atoms with van der Waals surface area (Å²) in [5, 5.41) is 7.22. The van der Waals surface area contributed by atoms with Gasteiger partial charge in [-0.1, -0.05) is 12.1 Å². The van der Waals surface area contributed by atoms with E-state index in [0.717, 1.165) is 35.7 Å². The van der Waals surface area contributed by atoms with E-state index in [1.807, 2.05) is 38.1 Å². The van der Waals surface area contributed by atoms with E-state index in [1.165, 1.54) is 5.56 Å². The van der Waals surface area contributed by atoms with Gasteiger partial charge in [0.2, 0.25) is 0 Å². The van der Waals surface area contributed by atoms with Crippen LogP contribution in [-0.2, 0) is 6.42 Å². The molecule has 1 N–H and O–H groups in total. The Balaban J connectivity index is 1.84. The first kappa shape index (κ1) is 14.4. The minimum Gasteiger partial charge on any atom is -0.490 e. The predicted octanol–water partition coefficient (Wildman–Crippen LogP) is 3.44. The van der Waals surface area contributed by atoms with Gasteiger partial charge in [-0.3, -0.25) is 5.10 Å². The van der Waals surface area contributed by atoms with E-state index in [2.05, 4.69) is 17.1 Å². The summed E-state index contributed by atoms with van der Waals surface area (Å²) in [6.45, 7) is 7.38. The van der Waals surface area contributed by atoms with Crippen molar-refractivity contribution in [3.8, 4) is 11.5 Å². The van der Waals surface area contributed by atoms with Gasteiger partial charge in [-0.05, 0) is 51.3 Å². The Labute approximate surface area is 120 Å². The SMILES string of the molecule is CCOc1ccccc1OCCCc1c(C)n[nH]c1C. The molecule has 0 aliphatic rings. The molecule has 0 saturated carbocycles. The summed E-state index contributed by atoms with van der Waals surface area (Å²) in [6.07, 6.45) is 1.94. The van der Waals surface area contributed by atoms with Crippen molar-refractivity contribution in [3.05, 3.63) is 41.2 Å². The fourth-order valence-electron chi connectivity index (χ4n) is 2.22. The van der Waals surface area contributed by atoms with Crippen molar-refractivity contribution in [2.24, 2.45) is 0 Å². The van der Waals surface area contributed by atoms with Gasteiger partial charge in [0.25, 0.3) is 0 Å². The van der Waals surface area contributed by atoms with Crippen molar-refractivity contribution in [1.82, 2.24) is 10.2 Å². The molecular formula is C16H22N2O2. The van der Waals surface area contributed by atoms with Crippen molar-refractivity contribution in [2.75, 3.05) is 13.2 Å². The minimum absolute atomic E-state index is 0.647. The third-order valence-corrected chi connectivity index (χ3v) is 3.26. The van der Waals surface area contributed by atoms with Crippen LogP contribution >= 0.6 is 0 Å². The van der Waals surface area contributed by atoms with Crippen molar-refractivity contribution in [3.63, 3.8) is 0 Å². The van der Waals surface area contributed by atoms with E-state index < -0.39 is 0 Å². The smallest absolute Gasteiger partial charge is 0.161 e. The van der Waals surface area contributed by atoms with E-state index >= 15 is 0 Å². The Hall–Kier alpha value is -1.97. The van der Waals surface area contributed by atoms with Gasteiger partial charge in [0, 0.05) is 5.69 Å². The number of nitrogens with one attached hydrogen (secondary N) is 1. The molecule has 0 radical (unpaired) electrons. The van der Waals surface area contributed by atoms with Crippen LogP contribution in [0, 0.1) is 13.8 Å². The molecule has 0 atom stereocenters. The fraction of sp³-hybridized carbons (Fsp3) is 0.438. The third kappa shape index (κ3) is 3.53. The summed E-state index contributed by atoms with van der Waals surface area (Å²) in [5.74, 6) is 1.63. The van der Waals surface area contributed by atoms with Crippen molar-refractivity contribution in [2.45, 2.75) is 33.6 Å².